The third kappa shape index (κ3) is 4.79. The summed E-state index contributed by atoms with van der Waals surface area (Å²) in [5, 5.41) is 15.3. The topological polar surface area (TPSA) is 82.7 Å². The molecular weight excluding hydrogens is 372 g/mol. The van der Waals surface area contributed by atoms with Crippen LogP contribution in [0.15, 0.2) is 60.8 Å². The molecular formula is C21H22N4O4. The number of benzene rings is 2. The van der Waals surface area contributed by atoms with Crippen LogP contribution in [-0.4, -0.2) is 59.1 Å². The molecule has 0 radical (unpaired) electrons. The third-order valence-corrected chi connectivity index (χ3v) is 4.84. The second-order valence-electron chi connectivity index (χ2n) is 6.75. The zero-order valence-corrected chi connectivity index (χ0v) is 15.9. The van der Waals surface area contributed by atoms with Gasteiger partial charge in [0.05, 0.1) is 29.5 Å². The molecule has 0 aliphatic carbocycles. The summed E-state index contributed by atoms with van der Waals surface area (Å²) >= 11 is 0. The van der Waals surface area contributed by atoms with E-state index in [1.165, 1.54) is 12.1 Å². The predicted molar refractivity (Wildman–Crippen MR) is 108 cm³/mol. The van der Waals surface area contributed by atoms with Crippen LogP contribution in [0.3, 0.4) is 0 Å². The summed E-state index contributed by atoms with van der Waals surface area (Å²) in [7, 11) is 0. The van der Waals surface area contributed by atoms with E-state index in [1.807, 2.05) is 36.5 Å². The summed E-state index contributed by atoms with van der Waals surface area (Å²) in [6.07, 6.45) is 1.84. The van der Waals surface area contributed by atoms with E-state index in [0.717, 1.165) is 55.5 Å². The van der Waals surface area contributed by atoms with Crippen LogP contribution in [-0.2, 0) is 4.74 Å². The molecule has 29 heavy (non-hydrogen) atoms. The largest absolute Gasteiger partial charge is 0.492 e. The maximum absolute atomic E-state index is 10.8. The van der Waals surface area contributed by atoms with Gasteiger partial charge in [0.25, 0.3) is 5.69 Å². The van der Waals surface area contributed by atoms with Crippen LogP contribution in [0, 0.1) is 10.1 Å². The summed E-state index contributed by atoms with van der Waals surface area (Å²) in [6.45, 7) is 5.04. The van der Waals surface area contributed by atoms with Crippen LogP contribution in [0.2, 0.25) is 0 Å². The zero-order valence-electron chi connectivity index (χ0n) is 15.9. The second-order valence-corrected chi connectivity index (χ2v) is 6.75. The van der Waals surface area contributed by atoms with Crippen molar-refractivity contribution < 1.29 is 14.4 Å². The van der Waals surface area contributed by atoms with Gasteiger partial charge in [0.1, 0.15) is 12.4 Å². The molecule has 3 aromatic rings. The fraction of sp³-hybridized carbons (Fsp3) is 0.286. The normalized spacial score (nSPS) is 14.6. The van der Waals surface area contributed by atoms with Gasteiger partial charge in [-0.15, -0.1) is 0 Å². The number of rotatable bonds is 7. The number of hydrogen-bond donors (Lipinski definition) is 0. The summed E-state index contributed by atoms with van der Waals surface area (Å²) in [4.78, 5) is 12.7. The molecule has 0 saturated carbocycles. The Kier molecular flexibility index (Phi) is 5.83. The van der Waals surface area contributed by atoms with Gasteiger partial charge in [-0.1, -0.05) is 0 Å². The van der Waals surface area contributed by atoms with Crippen molar-refractivity contribution in [3.63, 3.8) is 0 Å². The first-order chi connectivity index (χ1) is 14.2. The van der Waals surface area contributed by atoms with E-state index in [4.69, 9.17) is 9.47 Å². The third-order valence-electron chi connectivity index (χ3n) is 4.84. The molecule has 2 heterocycles. The lowest BCUT2D eigenvalue weighted by Gasteiger charge is -2.26. The SMILES string of the molecule is O=[N+]([O-])c1ccc(-n2ccc(-c3ccc(OCCN4CCOCC4)cc3)n2)cc1. The van der Waals surface area contributed by atoms with Crippen LogP contribution < -0.4 is 4.74 Å². The van der Waals surface area contributed by atoms with Crippen LogP contribution in [0.5, 0.6) is 5.75 Å². The molecule has 1 fully saturated rings. The number of nitro benzene ring substituents is 1. The van der Waals surface area contributed by atoms with Gasteiger partial charge in [0, 0.05) is 43.5 Å². The van der Waals surface area contributed by atoms with E-state index in [0.29, 0.717) is 6.61 Å². The van der Waals surface area contributed by atoms with Crippen molar-refractivity contribution in [3.05, 3.63) is 70.9 Å². The molecule has 1 saturated heterocycles. The lowest BCUT2D eigenvalue weighted by molar-refractivity contribution is -0.384. The van der Waals surface area contributed by atoms with Crippen molar-refractivity contribution in [2.75, 3.05) is 39.5 Å². The zero-order chi connectivity index (χ0) is 20.1. The van der Waals surface area contributed by atoms with E-state index < -0.39 is 4.92 Å². The van der Waals surface area contributed by atoms with Gasteiger partial charge in [-0.25, -0.2) is 4.68 Å². The van der Waals surface area contributed by atoms with E-state index >= 15 is 0 Å². The molecule has 0 bridgehead atoms. The molecule has 0 amide bonds. The number of nitrogens with zero attached hydrogens (tertiary/aromatic N) is 4. The molecule has 1 aliphatic heterocycles. The molecule has 150 valence electrons. The molecule has 1 aromatic heterocycles. The molecule has 8 heteroatoms. The Morgan fingerprint density at radius 1 is 1.03 bits per heavy atom. The van der Waals surface area contributed by atoms with Crippen LogP contribution in [0.25, 0.3) is 16.9 Å². The summed E-state index contributed by atoms with van der Waals surface area (Å²) in [6, 6.07) is 16.1. The summed E-state index contributed by atoms with van der Waals surface area (Å²) in [5.41, 5.74) is 2.63. The minimum atomic E-state index is -0.414. The maximum Gasteiger partial charge on any atom is 0.269 e. The Morgan fingerprint density at radius 3 is 2.45 bits per heavy atom. The predicted octanol–water partition coefficient (Wildman–Crippen LogP) is 3.16. The highest BCUT2D eigenvalue weighted by molar-refractivity contribution is 5.60. The minimum absolute atomic E-state index is 0.0605. The highest BCUT2D eigenvalue weighted by Gasteiger charge is 2.10. The highest BCUT2D eigenvalue weighted by atomic mass is 16.6. The van der Waals surface area contributed by atoms with E-state index in [9.17, 15) is 10.1 Å². The van der Waals surface area contributed by atoms with Crippen molar-refractivity contribution in [2.45, 2.75) is 0 Å². The van der Waals surface area contributed by atoms with Crippen molar-refractivity contribution in [2.24, 2.45) is 0 Å². The molecule has 0 unspecified atom stereocenters. The lowest BCUT2D eigenvalue weighted by Crippen LogP contribution is -2.38. The molecule has 4 rings (SSSR count). The van der Waals surface area contributed by atoms with Crippen molar-refractivity contribution in [1.29, 1.82) is 0 Å². The number of ether oxygens (including phenoxy) is 2. The van der Waals surface area contributed by atoms with E-state index in [-0.39, 0.29) is 5.69 Å². The first kappa shape index (κ1) is 19.1. The number of hydrogen-bond acceptors (Lipinski definition) is 6. The molecule has 0 spiro atoms. The van der Waals surface area contributed by atoms with Gasteiger partial charge in [0.2, 0.25) is 0 Å². The van der Waals surface area contributed by atoms with E-state index in [1.54, 1.807) is 16.8 Å². The Morgan fingerprint density at radius 2 is 1.76 bits per heavy atom. The molecule has 1 aliphatic rings. The molecule has 0 N–H and O–H groups in total. The van der Waals surface area contributed by atoms with Crippen LogP contribution in [0.1, 0.15) is 0 Å². The fourth-order valence-corrected chi connectivity index (χ4v) is 3.19. The standard InChI is InChI=1S/C21H22N4O4/c26-25(27)19-5-3-18(4-6-19)24-10-9-21(22-24)17-1-7-20(8-2-17)29-16-13-23-11-14-28-15-12-23/h1-10H,11-16H2. The first-order valence-electron chi connectivity index (χ1n) is 9.53. The summed E-state index contributed by atoms with van der Waals surface area (Å²) < 4.78 is 12.9. The average Bonchev–Trinajstić information content (AvgIpc) is 3.25. The Bertz CT molecular complexity index is 948. The van der Waals surface area contributed by atoms with Crippen LogP contribution >= 0.6 is 0 Å². The molecule has 2 aromatic carbocycles. The minimum Gasteiger partial charge on any atom is -0.492 e. The highest BCUT2D eigenvalue weighted by Crippen LogP contribution is 2.22. The monoisotopic (exact) mass is 394 g/mol. The average molecular weight is 394 g/mol. The molecule has 0 atom stereocenters. The molecule has 8 nitrogen and oxygen atoms in total. The Balaban J connectivity index is 1.36. The van der Waals surface area contributed by atoms with Crippen LogP contribution in [0.4, 0.5) is 5.69 Å². The number of nitro groups is 1. The van der Waals surface area contributed by atoms with Crippen molar-refractivity contribution in [1.82, 2.24) is 14.7 Å². The number of aromatic nitrogens is 2. The maximum atomic E-state index is 10.8. The summed E-state index contributed by atoms with van der Waals surface area (Å²) in [5.74, 6) is 0.830. The van der Waals surface area contributed by atoms with Gasteiger partial charge in [-0.2, -0.15) is 5.10 Å². The second kappa shape index (κ2) is 8.85. The van der Waals surface area contributed by atoms with Gasteiger partial charge in [0.15, 0.2) is 0 Å². The first-order valence-corrected chi connectivity index (χ1v) is 9.53. The van der Waals surface area contributed by atoms with Crippen molar-refractivity contribution in [3.8, 4) is 22.7 Å². The van der Waals surface area contributed by atoms with Gasteiger partial charge >= 0.3 is 0 Å². The Labute approximate surface area is 168 Å². The van der Waals surface area contributed by atoms with Gasteiger partial charge in [-0.3, -0.25) is 15.0 Å². The van der Waals surface area contributed by atoms with Crippen molar-refractivity contribution >= 4 is 5.69 Å². The number of non-ortho nitro benzene ring substituents is 1. The quantitative estimate of drug-likeness (QED) is 0.452. The van der Waals surface area contributed by atoms with Gasteiger partial charge in [-0.05, 0) is 42.5 Å². The van der Waals surface area contributed by atoms with Gasteiger partial charge < -0.3 is 9.47 Å². The fourth-order valence-electron chi connectivity index (χ4n) is 3.19. The lowest BCUT2D eigenvalue weighted by atomic mass is 10.1. The van der Waals surface area contributed by atoms with E-state index in [2.05, 4.69) is 10.00 Å². The Hall–Kier alpha value is -3.23. The smallest absolute Gasteiger partial charge is 0.269 e. The number of morpholine rings is 1.